The Balaban J connectivity index is 1.42. The van der Waals surface area contributed by atoms with Crippen LogP contribution in [-0.2, 0) is 22.7 Å². The van der Waals surface area contributed by atoms with E-state index in [1.54, 1.807) is 30.0 Å². The Bertz CT molecular complexity index is 1040. The van der Waals surface area contributed by atoms with Crippen molar-refractivity contribution in [2.45, 2.75) is 36.9 Å². The first-order chi connectivity index (χ1) is 14.5. The zero-order chi connectivity index (χ0) is 21.3. The SMILES string of the molecule is CSc1ccc(C(=O)NCc2ccc3c(c2)CN(C2CCC(=O)NC2=O)C3=O)cc1. The van der Waals surface area contributed by atoms with Crippen molar-refractivity contribution in [3.63, 3.8) is 0 Å². The summed E-state index contributed by atoms with van der Waals surface area (Å²) in [6, 6.07) is 12.2. The summed E-state index contributed by atoms with van der Waals surface area (Å²) in [5, 5.41) is 5.20. The lowest BCUT2D eigenvalue weighted by atomic mass is 10.0. The standard InChI is InChI=1S/C22H21N3O4S/c1-30-16-5-3-14(4-6-16)20(27)23-11-13-2-7-17-15(10-13)12-25(22(17)29)18-8-9-19(26)24-21(18)28/h2-7,10,18H,8-9,11-12H2,1H3,(H,23,27)(H,24,26,28). The molecule has 2 aliphatic heterocycles. The van der Waals surface area contributed by atoms with Crippen molar-refractivity contribution in [2.24, 2.45) is 0 Å². The molecule has 154 valence electrons. The first kappa shape index (κ1) is 20.2. The van der Waals surface area contributed by atoms with E-state index in [4.69, 9.17) is 0 Å². The van der Waals surface area contributed by atoms with Gasteiger partial charge in [-0.2, -0.15) is 0 Å². The van der Waals surface area contributed by atoms with Gasteiger partial charge in [0.25, 0.3) is 11.8 Å². The third-order valence-corrected chi connectivity index (χ3v) is 6.14. The molecule has 0 radical (unpaired) electrons. The quantitative estimate of drug-likeness (QED) is 0.567. The Labute approximate surface area is 178 Å². The van der Waals surface area contributed by atoms with Crippen LogP contribution in [0, 0.1) is 0 Å². The second kappa shape index (κ2) is 8.31. The highest BCUT2D eigenvalue weighted by Gasteiger charge is 2.39. The number of hydrogen-bond donors (Lipinski definition) is 2. The van der Waals surface area contributed by atoms with Crippen LogP contribution in [0.15, 0.2) is 47.4 Å². The van der Waals surface area contributed by atoms with Crippen LogP contribution in [0.3, 0.4) is 0 Å². The van der Waals surface area contributed by atoms with Crippen molar-refractivity contribution in [3.8, 4) is 0 Å². The van der Waals surface area contributed by atoms with Gasteiger partial charge in [-0.15, -0.1) is 11.8 Å². The van der Waals surface area contributed by atoms with Gasteiger partial charge in [0.05, 0.1) is 0 Å². The van der Waals surface area contributed by atoms with Gasteiger partial charge in [-0.05, 0) is 54.1 Å². The first-order valence-corrected chi connectivity index (χ1v) is 10.9. The van der Waals surface area contributed by atoms with Crippen molar-refractivity contribution in [3.05, 3.63) is 64.7 Å². The second-order valence-corrected chi connectivity index (χ2v) is 8.18. The van der Waals surface area contributed by atoms with Crippen LogP contribution in [0.2, 0.25) is 0 Å². The van der Waals surface area contributed by atoms with E-state index in [0.717, 1.165) is 16.0 Å². The molecule has 4 rings (SSSR count). The highest BCUT2D eigenvalue weighted by atomic mass is 32.2. The smallest absolute Gasteiger partial charge is 0.255 e. The van der Waals surface area contributed by atoms with Gasteiger partial charge < -0.3 is 10.2 Å². The minimum atomic E-state index is -0.630. The van der Waals surface area contributed by atoms with E-state index in [-0.39, 0.29) is 24.1 Å². The van der Waals surface area contributed by atoms with Crippen LogP contribution < -0.4 is 10.6 Å². The number of hydrogen-bond acceptors (Lipinski definition) is 5. The lowest BCUT2D eigenvalue weighted by molar-refractivity contribution is -0.136. The molecule has 0 saturated carbocycles. The van der Waals surface area contributed by atoms with Crippen LogP contribution in [0.4, 0.5) is 0 Å². The second-order valence-electron chi connectivity index (χ2n) is 7.30. The van der Waals surface area contributed by atoms with Gasteiger partial charge in [-0.1, -0.05) is 12.1 Å². The molecule has 2 N–H and O–H groups in total. The molecule has 8 heteroatoms. The average Bonchev–Trinajstić information content (AvgIpc) is 3.07. The molecule has 30 heavy (non-hydrogen) atoms. The van der Waals surface area contributed by atoms with E-state index in [9.17, 15) is 19.2 Å². The van der Waals surface area contributed by atoms with Gasteiger partial charge in [0, 0.05) is 35.5 Å². The summed E-state index contributed by atoms with van der Waals surface area (Å²) in [6.07, 6.45) is 2.55. The van der Waals surface area contributed by atoms with Crippen LogP contribution in [-0.4, -0.2) is 40.8 Å². The summed E-state index contributed by atoms with van der Waals surface area (Å²) >= 11 is 1.62. The van der Waals surface area contributed by atoms with Crippen molar-refractivity contribution < 1.29 is 19.2 Å². The lowest BCUT2D eigenvalue weighted by Crippen LogP contribution is -2.52. The Morgan fingerprint density at radius 2 is 1.93 bits per heavy atom. The molecule has 4 amide bonds. The van der Waals surface area contributed by atoms with Crippen molar-refractivity contribution in [1.29, 1.82) is 0 Å². The minimum Gasteiger partial charge on any atom is -0.348 e. The maximum Gasteiger partial charge on any atom is 0.255 e. The van der Waals surface area contributed by atoms with Gasteiger partial charge in [-0.3, -0.25) is 24.5 Å². The number of amides is 4. The fourth-order valence-electron chi connectivity index (χ4n) is 3.76. The number of carbonyl (C=O) groups is 4. The maximum absolute atomic E-state index is 12.7. The number of imide groups is 1. The molecule has 1 unspecified atom stereocenters. The highest BCUT2D eigenvalue weighted by molar-refractivity contribution is 7.98. The van der Waals surface area contributed by atoms with Gasteiger partial charge in [0.1, 0.15) is 6.04 Å². The van der Waals surface area contributed by atoms with E-state index in [1.165, 1.54) is 4.90 Å². The maximum atomic E-state index is 12.7. The molecular weight excluding hydrogens is 402 g/mol. The van der Waals surface area contributed by atoms with E-state index in [2.05, 4.69) is 10.6 Å². The zero-order valence-electron chi connectivity index (χ0n) is 16.4. The van der Waals surface area contributed by atoms with Gasteiger partial charge in [0.2, 0.25) is 11.8 Å². The first-order valence-electron chi connectivity index (χ1n) is 9.65. The zero-order valence-corrected chi connectivity index (χ0v) is 17.3. The third kappa shape index (κ3) is 3.95. The van der Waals surface area contributed by atoms with Gasteiger partial charge in [0.15, 0.2) is 0 Å². The summed E-state index contributed by atoms with van der Waals surface area (Å²) in [5.74, 6) is -1.10. The molecule has 7 nitrogen and oxygen atoms in total. The molecule has 1 saturated heterocycles. The number of nitrogens with one attached hydrogen (secondary N) is 2. The van der Waals surface area contributed by atoms with E-state index in [1.807, 2.05) is 30.5 Å². The van der Waals surface area contributed by atoms with Crippen molar-refractivity contribution in [1.82, 2.24) is 15.5 Å². The Morgan fingerprint density at radius 1 is 1.17 bits per heavy atom. The summed E-state index contributed by atoms with van der Waals surface area (Å²) in [4.78, 5) is 51.2. The van der Waals surface area contributed by atoms with Crippen LogP contribution in [0.5, 0.6) is 0 Å². The number of rotatable bonds is 5. The number of carbonyl (C=O) groups excluding carboxylic acids is 4. The summed E-state index contributed by atoms with van der Waals surface area (Å²) < 4.78 is 0. The molecule has 2 aromatic rings. The van der Waals surface area contributed by atoms with E-state index in [0.29, 0.717) is 30.6 Å². The average molecular weight is 423 g/mol. The van der Waals surface area contributed by atoms with Crippen molar-refractivity contribution in [2.75, 3.05) is 6.26 Å². The Hall–Kier alpha value is -3.13. The molecule has 0 aliphatic carbocycles. The lowest BCUT2D eigenvalue weighted by Gasteiger charge is -2.29. The predicted octanol–water partition coefficient (Wildman–Crippen LogP) is 2.10. The monoisotopic (exact) mass is 423 g/mol. The summed E-state index contributed by atoms with van der Waals surface area (Å²) in [5.41, 5.74) is 2.84. The normalized spacial score (nSPS) is 18.2. The third-order valence-electron chi connectivity index (χ3n) is 5.39. The number of nitrogens with zero attached hydrogens (tertiary/aromatic N) is 1. The number of fused-ring (bicyclic) bond motifs is 1. The van der Waals surface area contributed by atoms with Gasteiger partial charge in [-0.25, -0.2) is 0 Å². The summed E-state index contributed by atoms with van der Waals surface area (Å²) in [6.45, 7) is 0.654. The Morgan fingerprint density at radius 3 is 2.63 bits per heavy atom. The van der Waals surface area contributed by atoms with E-state index < -0.39 is 11.9 Å². The fraction of sp³-hybridized carbons (Fsp3) is 0.273. The van der Waals surface area contributed by atoms with E-state index >= 15 is 0 Å². The topological polar surface area (TPSA) is 95.6 Å². The molecule has 0 bridgehead atoms. The van der Waals surface area contributed by atoms with Crippen LogP contribution in [0.1, 0.15) is 44.7 Å². The molecule has 2 aliphatic rings. The molecule has 1 fully saturated rings. The van der Waals surface area contributed by atoms with Crippen molar-refractivity contribution >= 4 is 35.4 Å². The summed E-state index contributed by atoms with van der Waals surface area (Å²) in [7, 11) is 0. The molecule has 2 heterocycles. The largest absolute Gasteiger partial charge is 0.348 e. The van der Waals surface area contributed by atoms with Crippen LogP contribution in [0.25, 0.3) is 0 Å². The minimum absolute atomic E-state index is 0.163. The predicted molar refractivity (Wildman–Crippen MR) is 112 cm³/mol. The molecule has 2 aromatic carbocycles. The number of benzene rings is 2. The molecule has 0 spiro atoms. The number of thioether (sulfide) groups is 1. The molecule has 0 aromatic heterocycles. The highest BCUT2D eigenvalue weighted by Crippen LogP contribution is 2.28. The van der Waals surface area contributed by atoms with Crippen LogP contribution >= 0.6 is 11.8 Å². The number of piperidine rings is 1. The fourth-order valence-corrected chi connectivity index (χ4v) is 4.17. The Kier molecular flexibility index (Phi) is 5.59. The molecule has 1 atom stereocenters. The molecular formula is C22H21N3O4S. The van der Waals surface area contributed by atoms with Gasteiger partial charge >= 0.3 is 0 Å².